The molecule has 1 heterocycles. The van der Waals surface area contributed by atoms with E-state index in [1.54, 1.807) is 30.3 Å². The Morgan fingerprint density at radius 3 is 2.89 bits per heavy atom. The number of fused-ring (bicyclic) bond motifs is 1. The van der Waals surface area contributed by atoms with Gasteiger partial charge in [0, 0.05) is 11.5 Å². The van der Waals surface area contributed by atoms with E-state index in [4.69, 9.17) is 20.8 Å². The first-order valence-corrected chi connectivity index (χ1v) is 5.22. The Balaban J connectivity index is 2.33. The first-order chi connectivity index (χ1) is 9.10. The van der Waals surface area contributed by atoms with Crippen molar-refractivity contribution >= 4 is 28.2 Å². The van der Waals surface area contributed by atoms with Gasteiger partial charge in [0.15, 0.2) is 5.84 Å². The van der Waals surface area contributed by atoms with Gasteiger partial charge in [-0.15, -0.1) is 0 Å². The molecule has 7 nitrogen and oxygen atoms in total. The third-order valence-electron chi connectivity index (χ3n) is 2.28. The second kappa shape index (κ2) is 5.01. The van der Waals surface area contributed by atoms with Crippen LogP contribution in [0.5, 0.6) is 0 Å². The third kappa shape index (κ3) is 2.76. The Morgan fingerprint density at radius 2 is 2.21 bits per heavy atom. The molecule has 4 N–H and O–H groups in total. The van der Waals surface area contributed by atoms with Crippen molar-refractivity contribution in [2.75, 3.05) is 5.43 Å². The number of nitrogens with zero attached hydrogens (tertiary/aromatic N) is 2. The molecule has 0 aliphatic carbocycles. The molecule has 2 aromatic rings. The number of amidine groups is 1. The van der Waals surface area contributed by atoms with E-state index in [-0.39, 0.29) is 5.71 Å². The summed E-state index contributed by atoms with van der Waals surface area (Å²) in [6.45, 7) is 0. The second-order valence-electron chi connectivity index (χ2n) is 3.60. The van der Waals surface area contributed by atoms with Crippen molar-refractivity contribution in [3.8, 4) is 6.07 Å². The maximum atomic E-state index is 11.0. The summed E-state index contributed by atoms with van der Waals surface area (Å²) < 4.78 is 4.98. The van der Waals surface area contributed by atoms with Crippen molar-refractivity contribution < 1.29 is 4.42 Å². The number of hydrogen-bond donors (Lipinski definition) is 3. The van der Waals surface area contributed by atoms with Crippen molar-refractivity contribution in [2.24, 2.45) is 10.8 Å². The van der Waals surface area contributed by atoms with Crippen LogP contribution >= 0.6 is 0 Å². The molecule has 7 heteroatoms. The topological polar surface area (TPSA) is 128 Å². The van der Waals surface area contributed by atoms with Crippen LogP contribution in [0.1, 0.15) is 0 Å². The average Bonchev–Trinajstić information content (AvgIpc) is 2.39. The summed E-state index contributed by atoms with van der Waals surface area (Å²) in [7, 11) is 0. The third-order valence-corrected chi connectivity index (χ3v) is 2.28. The van der Waals surface area contributed by atoms with Crippen molar-refractivity contribution in [1.29, 1.82) is 10.7 Å². The van der Waals surface area contributed by atoms with E-state index in [0.717, 1.165) is 0 Å². The lowest BCUT2D eigenvalue weighted by atomic mass is 10.2. The minimum atomic E-state index is -0.422. The van der Waals surface area contributed by atoms with Gasteiger partial charge >= 0.3 is 5.63 Å². The smallest absolute Gasteiger partial charge is 0.336 e. The van der Waals surface area contributed by atoms with Gasteiger partial charge in [-0.2, -0.15) is 10.4 Å². The highest BCUT2D eigenvalue weighted by Gasteiger charge is 2.02. The second-order valence-corrected chi connectivity index (χ2v) is 3.60. The summed E-state index contributed by atoms with van der Waals surface area (Å²) in [4.78, 5) is 11.0. The minimum absolute atomic E-state index is 0.209. The number of hydrogen-bond acceptors (Lipinski definition) is 6. The van der Waals surface area contributed by atoms with Gasteiger partial charge in [0.05, 0.1) is 5.69 Å². The van der Waals surface area contributed by atoms with Crippen LogP contribution in [0.25, 0.3) is 11.0 Å². The Hall–Kier alpha value is -3.14. The van der Waals surface area contributed by atoms with Crippen LogP contribution in [-0.4, -0.2) is 11.5 Å². The number of nitriles is 1. The molecule has 0 radical (unpaired) electrons. The first-order valence-electron chi connectivity index (χ1n) is 5.22. The van der Waals surface area contributed by atoms with E-state index in [1.807, 2.05) is 0 Å². The molecule has 0 saturated heterocycles. The molecule has 1 aromatic carbocycles. The van der Waals surface area contributed by atoms with Gasteiger partial charge < -0.3 is 10.2 Å². The number of hydrazone groups is 1. The summed E-state index contributed by atoms with van der Waals surface area (Å²) in [6.07, 6.45) is 0. The van der Waals surface area contributed by atoms with Gasteiger partial charge in [0.1, 0.15) is 11.7 Å². The predicted octanol–water partition coefficient (Wildman–Crippen LogP) is 1.02. The van der Waals surface area contributed by atoms with Crippen LogP contribution in [0.15, 0.2) is 44.6 Å². The lowest BCUT2D eigenvalue weighted by molar-refractivity contribution is 0.561. The Morgan fingerprint density at radius 1 is 1.42 bits per heavy atom. The molecule has 0 unspecified atom stereocenters. The maximum Gasteiger partial charge on any atom is 0.336 e. The normalized spacial score (nSPS) is 11.0. The SMILES string of the molecule is N#C/C(=N\Nc1ccc2oc(=O)ccc2c1)C(=N)N. The van der Waals surface area contributed by atoms with Crippen molar-refractivity contribution in [3.63, 3.8) is 0 Å². The highest BCUT2D eigenvalue weighted by atomic mass is 16.4. The number of rotatable bonds is 3. The number of nitrogens with one attached hydrogen (secondary N) is 2. The Labute approximate surface area is 107 Å². The lowest BCUT2D eigenvalue weighted by Gasteiger charge is -2.02. The molecule has 1 aromatic heterocycles. The van der Waals surface area contributed by atoms with Crippen molar-refractivity contribution in [2.45, 2.75) is 0 Å². The molecule has 0 aliphatic rings. The molecule has 0 bridgehead atoms. The molecule has 0 amide bonds. The van der Waals surface area contributed by atoms with Gasteiger partial charge in [0.25, 0.3) is 0 Å². The highest BCUT2D eigenvalue weighted by molar-refractivity contribution is 6.45. The monoisotopic (exact) mass is 255 g/mol. The molecular weight excluding hydrogens is 246 g/mol. The van der Waals surface area contributed by atoms with E-state index < -0.39 is 11.5 Å². The molecule has 0 fully saturated rings. The summed E-state index contributed by atoms with van der Waals surface area (Å²) in [5.41, 5.74) is 8.17. The predicted molar refractivity (Wildman–Crippen MR) is 71.1 cm³/mol. The quantitative estimate of drug-likeness (QED) is 0.326. The zero-order chi connectivity index (χ0) is 13.8. The molecule has 0 atom stereocenters. The van der Waals surface area contributed by atoms with E-state index in [2.05, 4.69) is 10.5 Å². The fourth-order valence-electron chi connectivity index (χ4n) is 1.41. The zero-order valence-electron chi connectivity index (χ0n) is 9.68. The zero-order valence-corrected chi connectivity index (χ0v) is 9.68. The lowest BCUT2D eigenvalue weighted by Crippen LogP contribution is -2.21. The van der Waals surface area contributed by atoms with Crippen molar-refractivity contribution in [1.82, 2.24) is 0 Å². The van der Waals surface area contributed by atoms with Gasteiger partial charge in [-0.25, -0.2) is 4.79 Å². The van der Waals surface area contributed by atoms with E-state index >= 15 is 0 Å². The van der Waals surface area contributed by atoms with Crippen molar-refractivity contribution in [3.05, 3.63) is 40.8 Å². The molecule has 0 aliphatic heterocycles. The van der Waals surface area contributed by atoms with Crippen LogP contribution in [-0.2, 0) is 0 Å². The molecular formula is C12H9N5O2. The minimum Gasteiger partial charge on any atom is -0.423 e. The first kappa shape index (κ1) is 12.3. The maximum absolute atomic E-state index is 11.0. The van der Waals surface area contributed by atoms with Crippen LogP contribution in [0.2, 0.25) is 0 Å². The molecule has 19 heavy (non-hydrogen) atoms. The molecule has 0 saturated carbocycles. The fourth-order valence-corrected chi connectivity index (χ4v) is 1.41. The standard InChI is InChI=1S/C12H9N5O2/c13-6-9(12(14)15)17-16-8-2-3-10-7(5-8)1-4-11(18)19-10/h1-5,16H,(H3,14,15)/b17-9+. The van der Waals surface area contributed by atoms with E-state index in [0.29, 0.717) is 16.7 Å². The highest BCUT2D eigenvalue weighted by Crippen LogP contribution is 2.17. The fraction of sp³-hybridized carbons (Fsp3) is 0. The van der Waals surface area contributed by atoms with Gasteiger partial charge in [-0.1, -0.05) is 0 Å². The Bertz CT molecular complexity index is 770. The average molecular weight is 255 g/mol. The van der Waals surface area contributed by atoms with Gasteiger partial charge in [-0.05, 0) is 24.3 Å². The summed E-state index contributed by atoms with van der Waals surface area (Å²) >= 11 is 0. The molecule has 0 spiro atoms. The Kier molecular flexibility index (Phi) is 3.25. The van der Waals surface area contributed by atoms with Crippen LogP contribution in [0.3, 0.4) is 0 Å². The van der Waals surface area contributed by atoms with Crippen LogP contribution in [0.4, 0.5) is 5.69 Å². The van der Waals surface area contributed by atoms with E-state index in [9.17, 15) is 4.79 Å². The molecule has 94 valence electrons. The number of benzene rings is 1. The molecule has 2 rings (SSSR count). The summed E-state index contributed by atoms with van der Waals surface area (Å²) in [5.74, 6) is -0.415. The number of anilines is 1. The number of nitrogens with two attached hydrogens (primary N) is 1. The summed E-state index contributed by atoms with van der Waals surface area (Å²) in [6, 6.07) is 9.55. The van der Waals surface area contributed by atoms with Crippen LogP contribution in [0, 0.1) is 16.7 Å². The van der Waals surface area contributed by atoms with E-state index in [1.165, 1.54) is 6.07 Å². The van der Waals surface area contributed by atoms with Gasteiger partial charge in [-0.3, -0.25) is 10.8 Å². The largest absolute Gasteiger partial charge is 0.423 e. The summed E-state index contributed by atoms with van der Waals surface area (Å²) in [5, 5.41) is 20.2. The van der Waals surface area contributed by atoms with Crippen LogP contribution < -0.4 is 16.8 Å². The van der Waals surface area contributed by atoms with Gasteiger partial charge in [0.2, 0.25) is 5.71 Å².